The van der Waals surface area contributed by atoms with E-state index >= 15 is 0 Å². The summed E-state index contributed by atoms with van der Waals surface area (Å²) in [6.07, 6.45) is 0.708. The Morgan fingerprint density at radius 2 is 1.93 bits per heavy atom. The van der Waals surface area contributed by atoms with Crippen LogP contribution in [0.1, 0.15) is 29.7 Å². The molecular weight excluding hydrogens is 402 g/mol. The maximum absolute atomic E-state index is 14.5. The van der Waals surface area contributed by atoms with Gasteiger partial charge < -0.3 is 15.2 Å². The van der Waals surface area contributed by atoms with Gasteiger partial charge in [-0.05, 0) is 42.0 Å². The van der Waals surface area contributed by atoms with Crippen molar-refractivity contribution in [1.82, 2.24) is 15.3 Å². The number of alkyl halides is 3. The molecule has 0 saturated heterocycles. The maximum Gasteiger partial charge on any atom is 0.433 e. The van der Waals surface area contributed by atoms with E-state index in [0.717, 1.165) is 12.3 Å². The summed E-state index contributed by atoms with van der Waals surface area (Å²) in [5.74, 6) is -0.279. The number of aliphatic hydroxyl groups excluding tert-OH is 1. The number of pyridine rings is 2. The van der Waals surface area contributed by atoms with E-state index in [-0.39, 0.29) is 31.0 Å². The summed E-state index contributed by atoms with van der Waals surface area (Å²) < 4.78 is 58.4. The van der Waals surface area contributed by atoms with Gasteiger partial charge in [0, 0.05) is 48.2 Å². The van der Waals surface area contributed by atoms with Crippen LogP contribution in [0.5, 0.6) is 5.75 Å². The van der Waals surface area contributed by atoms with Crippen LogP contribution >= 0.6 is 0 Å². The van der Waals surface area contributed by atoms with E-state index in [4.69, 9.17) is 4.74 Å². The zero-order chi connectivity index (χ0) is 21.3. The molecule has 0 radical (unpaired) electrons. The van der Waals surface area contributed by atoms with Crippen molar-refractivity contribution in [2.75, 3.05) is 0 Å². The number of nitrogens with one attached hydrogen (secondary N) is 1. The maximum atomic E-state index is 14.5. The second-order valence-corrected chi connectivity index (χ2v) is 7.24. The lowest BCUT2D eigenvalue weighted by Gasteiger charge is -2.36. The predicted octanol–water partition coefficient (Wildman–Crippen LogP) is 3.98. The van der Waals surface area contributed by atoms with E-state index in [1.807, 2.05) is 0 Å². The van der Waals surface area contributed by atoms with Gasteiger partial charge in [-0.2, -0.15) is 13.2 Å². The third kappa shape index (κ3) is 4.22. The molecule has 4 rings (SSSR count). The smallest absolute Gasteiger partial charge is 0.433 e. The number of halogens is 4. The number of hydrogen-bond acceptors (Lipinski definition) is 5. The van der Waals surface area contributed by atoms with Gasteiger partial charge in [-0.15, -0.1) is 0 Å². The molecule has 0 aliphatic heterocycles. The molecule has 0 unspecified atom stereocenters. The van der Waals surface area contributed by atoms with Crippen molar-refractivity contribution in [2.24, 2.45) is 0 Å². The van der Waals surface area contributed by atoms with E-state index in [1.165, 1.54) is 12.1 Å². The number of fused-ring (bicyclic) bond motifs is 1. The van der Waals surface area contributed by atoms with Gasteiger partial charge >= 0.3 is 6.18 Å². The average Bonchev–Trinajstić information content (AvgIpc) is 2.70. The fraction of sp³-hybridized carbons (Fsp3) is 0.333. The van der Waals surface area contributed by atoms with Gasteiger partial charge in [0.1, 0.15) is 23.4 Å². The number of rotatable bonds is 6. The number of ether oxygens (including phenoxy) is 1. The fourth-order valence-corrected chi connectivity index (χ4v) is 3.58. The van der Waals surface area contributed by atoms with Crippen molar-refractivity contribution < 1.29 is 27.4 Å². The standard InChI is InChI=1S/C21H19F4N3O2/c22-19-5-12(11-29)17-9-26-3-2-16(17)18(19)10-28-13-6-15(7-13)30-14-1-4-27-20(8-14)21(23,24)25/h1-5,8-9,13,15,28-29H,6-7,10-11H2/t13-,15-. The first kappa shape index (κ1) is 20.5. The van der Waals surface area contributed by atoms with Crippen molar-refractivity contribution in [2.45, 2.75) is 44.3 Å². The Kier molecular flexibility index (Phi) is 5.57. The molecule has 1 aliphatic rings. The molecule has 2 heterocycles. The summed E-state index contributed by atoms with van der Waals surface area (Å²) in [6, 6.07) is 5.37. The molecule has 0 spiro atoms. The third-order valence-electron chi connectivity index (χ3n) is 5.24. The van der Waals surface area contributed by atoms with Crippen LogP contribution in [0, 0.1) is 5.82 Å². The zero-order valence-corrected chi connectivity index (χ0v) is 15.8. The molecule has 0 atom stereocenters. The summed E-state index contributed by atoms with van der Waals surface area (Å²) >= 11 is 0. The minimum absolute atomic E-state index is 0.0627. The average molecular weight is 421 g/mol. The number of nitrogens with zero attached hydrogens (tertiary/aromatic N) is 2. The number of hydrogen-bond donors (Lipinski definition) is 2. The van der Waals surface area contributed by atoms with Crippen LogP contribution in [0.4, 0.5) is 17.6 Å². The van der Waals surface area contributed by atoms with Crippen molar-refractivity contribution in [3.63, 3.8) is 0 Å². The van der Waals surface area contributed by atoms with Gasteiger partial charge in [-0.25, -0.2) is 4.39 Å². The van der Waals surface area contributed by atoms with Gasteiger partial charge in [-0.3, -0.25) is 9.97 Å². The molecule has 158 valence electrons. The zero-order valence-electron chi connectivity index (χ0n) is 15.8. The highest BCUT2D eigenvalue weighted by Gasteiger charge is 2.34. The van der Waals surface area contributed by atoms with E-state index in [9.17, 15) is 22.7 Å². The Labute approximate surface area is 169 Å². The van der Waals surface area contributed by atoms with E-state index in [2.05, 4.69) is 15.3 Å². The van der Waals surface area contributed by atoms with Gasteiger partial charge in [0.15, 0.2) is 0 Å². The summed E-state index contributed by atoms with van der Waals surface area (Å²) in [5.41, 5.74) is -0.0258. The molecule has 1 aromatic carbocycles. The van der Waals surface area contributed by atoms with Crippen LogP contribution < -0.4 is 10.1 Å². The van der Waals surface area contributed by atoms with Crippen LogP contribution in [0.2, 0.25) is 0 Å². The van der Waals surface area contributed by atoms with Crippen LogP contribution in [0.3, 0.4) is 0 Å². The van der Waals surface area contributed by atoms with Crippen LogP contribution in [0.25, 0.3) is 10.8 Å². The molecule has 9 heteroatoms. The first-order valence-corrected chi connectivity index (χ1v) is 9.43. The van der Waals surface area contributed by atoms with Crippen molar-refractivity contribution in [3.8, 4) is 5.75 Å². The van der Waals surface area contributed by atoms with Crippen molar-refractivity contribution in [1.29, 1.82) is 0 Å². The second kappa shape index (κ2) is 8.16. The minimum Gasteiger partial charge on any atom is -0.490 e. The Hall–Kier alpha value is -2.78. The van der Waals surface area contributed by atoms with E-state index in [0.29, 0.717) is 34.7 Å². The van der Waals surface area contributed by atoms with Gasteiger partial charge in [-0.1, -0.05) is 0 Å². The Morgan fingerprint density at radius 3 is 2.67 bits per heavy atom. The summed E-state index contributed by atoms with van der Waals surface area (Å²) in [5, 5.41) is 14.1. The molecule has 5 nitrogen and oxygen atoms in total. The Balaban J connectivity index is 1.36. The highest BCUT2D eigenvalue weighted by molar-refractivity contribution is 5.88. The molecule has 2 N–H and O–H groups in total. The Morgan fingerprint density at radius 1 is 1.13 bits per heavy atom. The first-order valence-electron chi connectivity index (χ1n) is 9.43. The summed E-state index contributed by atoms with van der Waals surface area (Å²) in [6.45, 7) is 0.00243. The van der Waals surface area contributed by atoms with E-state index < -0.39 is 17.7 Å². The minimum atomic E-state index is -4.52. The van der Waals surface area contributed by atoms with Crippen molar-refractivity contribution in [3.05, 3.63) is 65.5 Å². The van der Waals surface area contributed by atoms with Crippen LogP contribution in [-0.4, -0.2) is 27.2 Å². The van der Waals surface area contributed by atoms with Crippen LogP contribution in [-0.2, 0) is 19.3 Å². The molecule has 3 aromatic rings. The number of benzene rings is 1. The lowest BCUT2D eigenvalue weighted by Crippen LogP contribution is -2.46. The summed E-state index contributed by atoms with van der Waals surface area (Å²) in [7, 11) is 0. The molecule has 2 aromatic heterocycles. The number of aliphatic hydroxyl groups is 1. The van der Waals surface area contributed by atoms with E-state index in [1.54, 1.807) is 18.5 Å². The van der Waals surface area contributed by atoms with Gasteiger partial charge in [0.2, 0.25) is 0 Å². The van der Waals surface area contributed by atoms with Gasteiger partial charge in [0.25, 0.3) is 0 Å². The predicted molar refractivity (Wildman–Crippen MR) is 101 cm³/mol. The highest BCUT2D eigenvalue weighted by atomic mass is 19.4. The second-order valence-electron chi connectivity index (χ2n) is 7.24. The lowest BCUT2D eigenvalue weighted by molar-refractivity contribution is -0.141. The molecule has 0 bridgehead atoms. The monoisotopic (exact) mass is 421 g/mol. The Bertz CT molecular complexity index is 1050. The molecule has 30 heavy (non-hydrogen) atoms. The normalized spacial score (nSPS) is 19.0. The summed E-state index contributed by atoms with van der Waals surface area (Å²) in [4.78, 5) is 7.35. The topological polar surface area (TPSA) is 67.3 Å². The first-order chi connectivity index (χ1) is 14.3. The highest BCUT2D eigenvalue weighted by Crippen LogP contribution is 2.32. The van der Waals surface area contributed by atoms with Crippen molar-refractivity contribution >= 4 is 10.8 Å². The number of aromatic nitrogens is 2. The molecule has 1 fully saturated rings. The molecule has 1 aliphatic carbocycles. The largest absolute Gasteiger partial charge is 0.490 e. The quantitative estimate of drug-likeness (QED) is 0.590. The SMILES string of the molecule is OCc1cc(F)c(CN[C@H]2C[C@H](Oc3ccnc(C(F)(F)F)c3)C2)c2ccncc12. The van der Waals surface area contributed by atoms with Crippen LogP contribution in [0.15, 0.2) is 42.9 Å². The lowest BCUT2D eigenvalue weighted by atomic mass is 9.88. The third-order valence-corrected chi connectivity index (χ3v) is 5.24. The van der Waals surface area contributed by atoms with Gasteiger partial charge in [0.05, 0.1) is 6.61 Å². The molecular formula is C21H19F4N3O2. The molecule has 1 saturated carbocycles. The fourth-order valence-electron chi connectivity index (χ4n) is 3.58. The molecule has 0 amide bonds.